The summed E-state index contributed by atoms with van der Waals surface area (Å²) in [6.07, 6.45) is 2.04. The number of nitrogens with one attached hydrogen (secondary N) is 2. The third-order valence-electron chi connectivity index (χ3n) is 3.78. The van der Waals surface area contributed by atoms with Crippen LogP contribution in [0.3, 0.4) is 0 Å². The highest BCUT2D eigenvalue weighted by Gasteiger charge is 2.27. The molecule has 1 aromatic carbocycles. The molecule has 1 aliphatic heterocycles. The van der Waals surface area contributed by atoms with E-state index in [1.54, 1.807) is 14.2 Å². The Balaban J connectivity index is 2.60. The Morgan fingerprint density at radius 3 is 2.74 bits per heavy atom. The molecule has 0 bridgehead atoms. The third kappa shape index (κ3) is 2.55. The molecule has 4 nitrogen and oxygen atoms in total. The zero-order chi connectivity index (χ0) is 13.8. The van der Waals surface area contributed by atoms with Crippen molar-refractivity contribution in [1.29, 1.82) is 0 Å². The zero-order valence-electron chi connectivity index (χ0n) is 12.3. The predicted molar refractivity (Wildman–Crippen MR) is 77.0 cm³/mol. The van der Waals surface area contributed by atoms with Gasteiger partial charge in [0.15, 0.2) is 0 Å². The van der Waals surface area contributed by atoms with Crippen LogP contribution in [0.2, 0.25) is 0 Å². The summed E-state index contributed by atoms with van der Waals surface area (Å²) in [5, 5.41) is 6.74. The highest BCUT2D eigenvalue weighted by molar-refractivity contribution is 5.56. The van der Waals surface area contributed by atoms with Gasteiger partial charge in [0.2, 0.25) is 0 Å². The first kappa shape index (κ1) is 14.2. The average molecular weight is 264 g/mol. The monoisotopic (exact) mass is 264 g/mol. The van der Waals surface area contributed by atoms with Crippen LogP contribution in [0.1, 0.15) is 36.1 Å². The van der Waals surface area contributed by atoms with Crippen LogP contribution in [-0.4, -0.2) is 27.8 Å². The zero-order valence-corrected chi connectivity index (χ0v) is 12.3. The molecule has 1 aliphatic rings. The standard InChI is InChI=1S/C15H24N2O2/c1-5-12-14-11(6-7-17-12)15(19-4)10(9-16-2)8-13(14)18-3/h8,12,16-17H,5-7,9H2,1-4H3. The molecule has 19 heavy (non-hydrogen) atoms. The second-order valence-electron chi connectivity index (χ2n) is 4.86. The van der Waals surface area contributed by atoms with Gasteiger partial charge >= 0.3 is 0 Å². The minimum absolute atomic E-state index is 0.358. The summed E-state index contributed by atoms with van der Waals surface area (Å²) in [5.74, 6) is 1.99. The molecule has 2 rings (SSSR count). The van der Waals surface area contributed by atoms with Gasteiger partial charge in [-0.15, -0.1) is 0 Å². The van der Waals surface area contributed by atoms with Crippen molar-refractivity contribution in [2.75, 3.05) is 27.8 Å². The van der Waals surface area contributed by atoms with E-state index in [4.69, 9.17) is 9.47 Å². The molecule has 106 valence electrons. The lowest BCUT2D eigenvalue weighted by Gasteiger charge is -2.30. The highest BCUT2D eigenvalue weighted by Crippen LogP contribution is 2.41. The molecule has 0 aromatic heterocycles. The molecule has 1 heterocycles. The lowest BCUT2D eigenvalue weighted by Crippen LogP contribution is -2.30. The maximum atomic E-state index is 5.67. The van der Waals surface area contributed by atoms with E-state index in [1.807, 2.05) is 7.05 Å². The lowest BCUT2D eigenvalue weighted by molar-refractivity contribution is 0.369. The first-order chi connectivity index (χ1) is 9.26. The fourth-order valence-electron chi connectivity index (χ4n) is 2.96. The molecule has 0 radical (unpaired) electrons. The molecule has 4 heteroatoms. The van der Waals surface area contributed by atoms with Crippen molar-refractivity contribution in [3.8, 4) is 11.5 Å². The van der Waals surface area contributed by atoms with Crippen LogP contribution in [0.4, 0.5) is 0 Å². The molecule has 0 saturated heterocycles. The second kappa shape index (κ2) is 6.26. The fourth-order valence-corrected chi connectivity index (χ4v) is 2.96. The normalized spacial score (nSPS) is 18.0. The van der Waals surface area contributed by atoms with Crippen molar-refractivity contribution in [3.63, 3.8) is 0 Å². The van der Waals surface area contributed by atoms with E-state index in [0.29, 0.717) is 6.04 Å². The number of hydrogen-bond donors (Lipinski definition) is 2. The van der Waals surface area contributed by atoms with Crippen molar-refractivity contribution in [1.82, 2.24) is 10.6 Å². The van der Waals surface area contributed by atoms with E-state index in [2.05, 4.69) is 23.6 Å². The molecule has 0 spiro atoms. The Hall–Kier alpha value is -1.26. The van der Waals surface area contributed by atoms with Gasteiger partial charge in [-0.2, -0.15) is 0 Å². The smallest absolute Gasteiger partial charge is 0.127 e. The molecule has 1 atom stereocenters. The van der Waals surface area contributed by atoms with E-state index >= 15 is 0 Å². The summed E-state index contributed by atoms with van der Waals surface area (Å²) in [5.41, 5.74) is 3.74. The highest BCUT2D eigenvalue weighted by atomic mass is 16.5. The van der Waals surface area contributed by atoms with Crippen molar-refractivity contribution in [3.05, 3.63) is 22.8 Å². The summed E-state index contributed by atoms with van der Waals surface area (Å²) in [6, 6.07) is 2.46. The Labute approximate surface area is 115 Å². The van der Waals surface area contributed by atoms with Gasteiger partial charge in [0.25, 0.3) is 0 Å². The largest absolute Gasteiger partial charge is 0.496 e. The Bertz CT molecular complexity index is 446. The topological polar surface area (TPSA) is 42.5 Å². The number of ether oxygens (including phenoxy) is 2. The van der Waals surface area contributed by atoms with Gasteiger partial charge < -0.3 is 20.1 Å². The molecule has 1 unspecified atom stereocenters. The average Bonchev–Trinajstić information content (AvgIpc) is 2.45. The number of fused-ring (bicyclic) bond motifs is 1. The number of hydrogen-bond acceptors (Lipinski definition) is 4. The van der Waals surface area contributed by atoms with Crippen LogP contribution < -0.4 is 20.1 Å². The van der Waals surface area contributed by atoms with E-state index < -0.39 is 0 Å². The van der Waals surface area contributed by atoms with Crippen molar-refractivity contribution in [2.24, 2.45) is 0 Å². The summed E-state index contributed by atoms with van der Waals surface area (Å²) in [6.45, 7) is 3.98. The minimum Gasteiger partial charge on any atom is -0.496 e. The van der Waals surface area contributed by atoms with Crippen LogP contribution in [0.25, 0.3) is 0 Å². The van der Waals surface area contributed by atoms with Crippen molar-refractivity contribution in [2.45, 2.75) is 32.4 Å². The quantitative estimate of drug-likeness (QED) is 0.854. The van der Waals surface area contributed by atoms with Gasteiger partial charge in [-0.3, -0.25) is 0 Å². The van der Waals surface area contributed by atoms with Gasteiger partial charge in [0.05, 0.1) is 14.2 Å². The summed E-state index contributed by atoms with van der Waals surface area (Å²) < 4.78 is 11.3. The molecule has 0 fully saturated rings. The van der Waals surface area contributed by atoms with E-state index in [9.17, 15) is 0 Å². The van der Waals surface area contributed by atoms with Crippen molar-refractivity contribution < 1.29 is 9.47 Å². The van der Waals surface area contributed by atoms with Crippen LogP contribution in [-0.2, 0) is 13.0 Å². The molecule has 2 N–H and O–H groups in total. The van der Waals surface area contributed by atoms with Gasteiger partial charge in [-0.25, -0.2) is 0 Å². The third-order valence-corrected chi connectivity index (χ3v) is 3.78. The molecular formula is C15H24N2O2. The van der Waals surface area contributed by atoms with Crippen LogP contribution in [0.15, 0.2) is 6.07 Å². The Kier molecular flexibility index (Phi) is 4.66. The molecule has 0 amide bonds. The van der Waals surface area contributed by atoms with E-state index in [-0.39, 0.29) is 0 Å². The number of methoxy groups -OCH3 is 2. The van der Waals surface area contributed by atoms with Gasteiger partial charge in [0, 0.05) is 29.3 Å². The lowest BCUT2D eigenvalue weighted by atomic mass is 9.89. The van der Waals surface area contributed by atoms with Crippen LogP contribution in [0.5, 0.6) is 11.5 Å². The van der Waals surface area contributed by atoms with Crippen LogP contribution >= 0.6 is 0 Å². The summed E-state index contributed by atoms with van der Waals surface area (Å²) >= 11 is 0. The Morgan fingerprint density at radius 1 is 1.37 bits per heavy atom. The number of rotatable bonds is 5. The van der Waals surface area contributed by atoms with Gasteiger partial charge in [0.1, 0.15) is 11.5 Å². The van der Waals surface area contributed by atoms with Gasteiger partial charge in [-0.1, -0.05) is 6.92 Å². The Morgan fingerprint density at radius 2 is 2.16 bits per heavy atom. The van der Waals surface area contributed by atoms with E-state index in [0.717, 1.165) is 43.0 Å². The van der Waals surface area contributed by atoms with Crippen LogP contribution in [0, 0.1) is 0 Å². The molecule has 1 aromatic rings. The first-order valence-corrected chi connectivity index (χ1v) is 6.91. The maximum absolute atomic E-state index is 5.67. The first-order valence-electron chi connectivity index (χ1n) is 6.91. The molecule has 0 saturated carbocycles. The fraction of sp³-hybridized carbons (Fsp3) is 0.600. The minimum atomic E-state index is 0.358. The predicted octanol–water partition coefficient (Wildman–Crippen LogP) is 2.02. The van der Waals surface area contributed by atoms with Gasteiger partial charge in [-0.05, 0) is 32.5 Å². The second-order valence-corrected chi connectivity index (χ2v) is 4.86. The maximum Gasteiger partial charge on any atom is 0.127 e. The van der Waals surface area contributed by atoms with Crippen molar-refractivity contribution >= 4 is 0 Å². The molecular weight excluding hydrogens is 240 g/mol. The van der Waals surface area contributed by atoms with E-state index in [1.165, 1.54) is 11.1 Å². The SMILES string of the molecule is CCC1NCCc2c(OC)c(CNC)cc(OC)c21. The summed E-state index contributed by atoms with van der Waals surface area (Å²) in [4.78, 5) is 0. The number of benzene rings is 1. The summed E-state index contributed by atoms with van der Waals surface area (Å²) in [7, 11) is 5.44. The molecule has 0 aliphatic carbocycles.